The molecule has 8 nitrogen and oxygen atoms in total. The summed E-state index contributed by atoms with van der Waals surface area (Å²) in [5, 5.41) is 4.30. The van der Waals surface area contributed by atoms with E-state index in [0.717, 1.165) is 38.8 Å². The van der Waals surface area contributed by atoms with Gasteiger partial charge in [0, 0.05) is 56.0 Å². The van der Waals surface area contributed by atoms with Gasteiger partial charge in [0.15, 0.2) is 0 Å². The van der Waals surface area contributed by atoms with Crippen molar-refractivity contribution >= 4 is 40.9 Å². The lowest BCUT2D eigenvalue weighted by Crippen LogP contribution is -2.42. The van der Waals surface area contributed by atoms with Crippen molar-refractivity contribution in [2.24, 2.45) is 11.8 Å². The number of rotatable bonds is 7. The van der Waals surface area contributed by atoms with E-state index in [1.54, 1.807) is 17.0 Å². The zero-order chi connectivity index (χ0) is 26.6. The van der Waals surface area contributed by atoms with Crippen LogP contribution in [0.3, 0.4) is 0 Å². The first kappa shape index (κ1) is 27.6. The second kappa shape index (κ2) is 12.0. The fraction of sp³-hybridized carbons (Fsp3) is 0.556. The van der Waals surface area contributed by atoms with Crippen LogP contribution in [0.4, 0.5) is 10.6 Å². The third-order valence-electron chi connectivity index (χ3n) is 7.05. The molecule has 2 aliphatic heterocycles. The van der Waals surface area contributed by atoms with Gasteiger partial charge in [-0.25, -0.2) is 9.78 Å². The standard InChI is InChI=1S/C27H34Cl2N4O4/c1-27(2)13-17(8-10-37-27)14-31-24-7-6-21(28)25(32-24)20-11-19(30-15-22(20)29)12-23(34)18-5-4-9-33(16-18)26(35)36-3/h6-7,11,15,17-18H,4-5,8-10,12-14,16H2,1-3H3,(H,31,32)/t17?,18-/m0/s1. The number of halogens is 2. The van der Waals surface area contributed by atoms with E-state index in [9.17, 15) is 9.59 Å². The van der Waals surface area contributed by atoms with E-state index in [-0.39, 0.29) is 23.7 Å². The van der Waals surface area contributed by atoms with E-state index in [4.69, 9.17) is 37.7 Å². The molecule has 200 valence electrons. The number of piperidine rings is 1. The van der Waals surface area contributed by atoms with E-state index in [2.05, 4.69) is 24.1 Å². The van der Waals surface area contributed by atoms with Crippen LogP contribution < -0.4 is 5.32 Å². The molecule has 10 heteroatoms. The second-order valence-electron chi connectivity index (χ2n) is 10.4. The zero-order valence-corrected chi connectivity index (χ0v) is 23.1. The number of pyridine rings is 2. The molecule has 0 radical (unpaired) electrons. The first-order valence-electron chi connectivity index (χ1n) is 12.7. The Morgan fingerprint density at radius 1 is 1.24 bits per heavy atom. The number of hydrogen-bond acceptors (Lipinski definition) is 7. The van der Waals surface area contributed by atoms with Gasteiger partial charge >= 0.3 is 6.09 Å². The highest BCUT2D eigenvalue weighted by Gasteiger charge is 2.30. The third kappa shape index (κ3) is 7.12. The van der Waals surface area contributed by atoms with Crippen molar-refractivity contribution in [3.8, 4) is 11.3 Å². The van der Waals surface area contributed by atoms with E-state index in [1.807, 2.05) is 6.07 Å². The Kier molecular flexibility index (Phi) is 8.93. The molecule has 2 fully saturated rings. The Labute approximate surface area is 228 Å². The maximum Gasteiger partial charge on any atom is 0.409 e. The molecule has 4 heterocycles. The first-order chi connectivity index (χ1) is 17.6. The molecule has 2 aliphatic rings. The molecular weight excluding hydrogens is 515 g/mol. The average molecular weight is 549 g/mol. The highest BCUT2D eigenvalue weighted by atomic mass is 35.5. The molecule has 0 aromatic carbocycles. The number of nitrogens with zero attached hydrogens (tertiary/aromatic N) is 3. The van der Waals surface area contributed by atoms with Gasteiger partial charge in [0.1, 0.15) is 11.6 Å². The molecule has 2 aromatic rings. The molecule has 1 unspecified atom stereocenters. The smallest absolute Gasteiger partial charge is 0.409 e. The van der Waals surface area contributed by atoms with Gasteiger partial charge in [-0.3, -0.25) is 9.78 Å². The molecule has 1 amide bonds. The van der Waals surface area contributed by atoms with Crippen LogP contribution in [-0.2, 0) is 20.7 Å². The van der Waals surface area contributed by atoms with Gasteiger partial charge in [-0.05, 0) is 63.6 Å². The summed E-state index contributed by atoms with van der Waals surface area (Å²) in [6.45, 7) is 6.74. The molecule has 0 bridgehead atoms. The molecule has 2 aromatic heterocycles. The van der Waals surface area contributed by atoms with E-state index in [1.165, 1.54) is 13.3 Å². The highest BCUT2D eigenvalue weighted by Crippen LogP contribution is 2.34. The van der Waals surface area contributed by atoms with Gasteiger partial charge in [-0.15, -0.1) is 0 Å². The number of likely N-dealkylation sites (tertiary alicyclic amines) is 1. The van der Waals surface area contributed by atoms with Crippen LogP contribution in [-0.4, -0.2) is 65.7 Å². The lowest BCUT2D eigenvalue weighted by molar-refractivity contribution is -0.123. The molecule has 4 rings (SSSR count). The van der Waals surface area contributed by atoms with E-state index < -0.39 is 6.09 Å². The average Bonchev–Trinajstić information content (AvgIpc) is 2.88. The SMILES string of the molecule is COC(=O)N1CCC[C@H](C(=O)Cc2cc(-c3nc(NCC4CCOC(C)(C)C4)ccc3Cl)c(Cl)cn2)C1. The predicted molar refractivity (Wildman–Crippen MR) is 144 cm³/mol. The van der Waals surface area contributed by atoms with Crippen LogP contribution in [0.15, 0.2) is 24.4 Å². The molecule has 2 atom stereocenters. The number of carbonyl (C=O) groups is 2. The van der Waals surface area contributed by atoms with Gasteiger partial charge in [-0.2, -0.15) is 0 Å². The van der Waals surface area contributed by atoms with Crippen LogP contribution in [0, 0.1) is 11.8 Å². The molecule has 37 heavy (non-hydrogen) atoms. The summed E-state index contributed by atoms with van der Waals surface area (Å²) >= 11 is 13.0. The molecule has 1 N–H and O–H groups in total. The van der Waals surface area contributed by atoms with Crippen LogP contribution in [0.2, 0.25) is 10.0 Å². The number of anilines is 1. The molecule has 0 saturated carbocycles. The highest BCUT2D eigenvalue weighted by molar-refractivity contribution is 6.36. The molecule has 2 saturated heterocycles. The van der Waals surface area contributed by atoms with Gasteiger partial charge in [0.25, 0.3) is 0 Å². The van der Waals surface area contributed by atoms with Crippen LogP contribution in [0.1, 0.15) is 45.2 Å². The Morgan fingerprint density at radius 3 is 2.81 bits per heavy atom. The lowest BCUT2D eigenvalue weighted by atomic mass is 9.88. The summed E-state index contributed by atoms with van der Waals surface area (Å²) in [7, 11) is 1.35. The van der Waals surface area contributed by atoms with Crippen LogP contribution >= 0.6 is 23.2 Å². The summed E-state index contributed by atoms with van der Waals surface area (Å²) < 4.78 is 10.6. The fourth-order valence-corrected chi connectivity index (χ4v) is 5.53. The van der Waals surface area contributed by atoms with Crippen LogP contribution in [0.5, 0.6) is 0 Å². The Bertz CT molecular complexity index is 1140. The summed E-state index contributed by atoms with van der Waals surface area (Å²) in [6, 6.07) is 5.43. The number of amides is 1. The van der Waals surface area contributed by atoms with Crippen molar-refractivity contribution in [3.05, 3.63) is 40.1 Å². The Balaban J connectivity index is 1.46. The quantitative estimate of drug-likeness (QED) is 0.477. The first-order valence-corrected chi connectivity index (χ1v) is 13.5. The molecule has 0 aliphatic carbocycles. The largest absolute Gasteiger partial charge is 0.453 e. The monoisotopic (exact) mass is 548 g/mol. The third-order valence-corrected chi connectivity index (χ3v) is 7.66. The van der Waals surface area contributed by atoms with Crippen molar-refractivity contribution in [2.75, 3.05) is 38.7 Å². The summed E-state index contributed by atoms with van der Waals surface area (Å²) in [6.07, 6.45) is 4.74. The van der Waals surface area contributed by atoms with Crippen molar-refractivity contribution < 1.29 is 19.1 Å². The maximum absolute atomic E-state index is 13.0. The number of ether oxygens (including phenoxy) is 2. The van der Waals surface area contributed by atoms with Gasteiger partial charge in [0.05, 0.1) is 28.5 Å². The number of carbonyl (C=O) groups excluding carboxylic acids is 2. The molecule has 0 spiro atoms. The molecular formula is C27H34Cl2N4O4. The van der Waals surface area contributed by atoms with Gasteiger partial charge in [0.2, 0.25) is 0 Å². The minimum atomic E-state index is -0.404. The Morgan fingerprint density at radius 2 is 2.05 bits per heavy atom. The van der Waals surface area contributed by atoms with Crippen molar-refractivity contribution in [3.63, 3.8) is 0 Å². The lowest BCUT2D eigenvalue weighted by Gasteiger charge is -2.35. The zero-order valence-electron chi connectivity index (χ0n) is 21.6. The Hall–Kier alpha value is -2.42. The minimum Gasteiger partial charge on any atom is -0.453 e. The normalized spacial score (nSPS) is 21.4. The van der Waals surface area contributed by atoms with Gasteiger partial charge in [-0.1, -0.05) is 23.2 Å². The number of nitrogens with one attached hydrogen (secondary N) is 1. The van der Waals surface area contributed by atoms with Crippen molar-refractivity contribution in [2.45, 2.75) is 51.6 Å². The number of ketones is 1. The van der Waals surface area contributed by atoms with E-state index >= 15 is 0 Å². The summed E-state index contributed by atoms with van der Waals surface area (Å²) in [5.74, 6) is 0.974. The number of aromatic nitrogens is 2. The van der Waals surface area contributed by atoms with Crippen molar-refractivity contribution in [1.82, 2.24) is 14.9 Å². The number of hydrogen-bond donors (Lipinski definition) is 1. The second-order valence-corrected chi connectivity index (χ2v) is 11.2. The summed E-state index contributed by atoms with van der Waals surface area (Å²) in [5.41, 5.74) is 1.63. The van der Waals surface area contributed by atoms with Crippen LogP contribution in [0.25, 0.3) is 11.3 Å². The number of Topliss-reactive ketones (excluding diaryl/α,β-unsaturated/α-hetero) is 1. The minimum absolute atomic E-state index is 0.0308. The van der Waals surface area contributed by atoms with Crippen molar-refractivity contribution in [1.29, 1.82) is 0 Å². The maximum atomic E-state index is 13.0. The van der Waals surface area contributed by atoms with Gasteiger partial charge < -0.3 is 19.7 Å². The fourth-order valence-electron chi connectivity index (χ4n) is 5.13. The number of methoxy groups -OCH3 is 1. The van der Waals surface area contributed by atoms with E-state index in [0.29, 0.717) is 51.8 Å². The summed E-state index contributed by atoms with van der Waals surface area (Å²) in [4.78, 5) is 35.6. The topological polar surface area (TPSA) is 93.7 Å². The predicted octanol–water partition coefficient (Wildman–Crippen LogP) is 5.66.